The molecule has 7 nitrogen and oxygen atoms in total. The van der Waals surface area contributed by atoms with Crippen LogP contribution in [0.3, 0.4) is 0 Å². The lowest BCUT2D eigenvalue weighted by Crippen LogP contribution is -2.06. The Labute approximate surface area is 95.9 Å². The fraction of sp³-hybridized carbons (Fsp3) is 0.286. The van der Waals surface area contributed by atoms with E-state index in [1.54, 1.807) is 7.05 Å². The molecule has 2 aromatic rings. The van der Waals surface area contributed by atoms with Crippen molar-refractivity contribution in [1.29, 1.82) is 0 Å². The summed E-state index contributed by atoms with van der Waals surface area (Å²) >= 11 is 1.18. The summed E-state index contributed by atoms with van der Waals surface area (Å²) in [6, 6.07) is 0. The van der Waals surface area contributed by atoms with Crippen LogP contribution in [0.2, 0.25) is 0 Å². The highest BCUT2D eigenvalue weighted by atomic mass is 32.2. The SMILES string of the molecule is Cn1c(-c2nnc(N)s2)cnc1S(C)(=O)=O. The van der Waals surface area contributed by atoms with E-state index in [4.69, 9.17) is 5.73 Å². The minimum absolute atomic E-state index is 0.00345. The monoisotopic (exact) mass is 259 g/mol. The van der Waals surface area contributed by atoms with Gasteiger partial charge in [-0.05, 0) is 0 Å². The molecule has 2 N–H and O–H groups in total. The van der Waals surface area contributed by atoms with Gasteiger partial charge in [0.1, 0.15) is 0 Å². The number of anilines is 1. The lowest BCUT2D eigenvalue weighted by Gasteiger charge is -2.00. The zero-order valence-corrected chi connectivity index (χ0v) is 10.2. The molecule has 0 bridgehead atoms. The van der Waals surface area contributed by atoms with Crippen LogP contribution in [0.4, 0.5) is 5.13 Å². The molecule has 0 unspecified atom stereocenters. The predicted molar refractivity (Wildman–Crippen MR) is 59.6 cm³/mol. The zero-order chi connectivity index (χ0) is 11.9. The molecular weight excluding hydrogens is 250 g/mol. The number of imidazole rings is 1. The predicted octanol–water partition coefficient (Wildman–Crippen LogP) is -0.0757. The van der Waals surface area contributed by atoms with E-state index >= 15 is 0 Å². The van der Waals surface area contributed by atoms with Crippen LogP contribution in [0.25, 0.3) is 10.7 Å². The first-order valence-electron chi connectivity index (χ1n) is 4.20. The Balaban J connectivity index is 2.58. The number of hydrogen-bond acceptors (Lipinski definition) is 7. The summed E-state index contributed by atoms with van der Waals surface area (Å²) in [6.45, 7) is 0. The largest absolute Gasteiger partial charge is 0.374 e. The Hall–Kier alpha value is -1.48. The van der Waals surface area contributed by atoms with E-state index in [0.29, 0.717) is 15.8 Å². The third-order valence-corrected chi connectivity index (χ3v) is 3.75. The molecule has 16 heavy (non-hydrogen) atoms. The first kappa shape index (κ1) is 11.0. The van der Waals surface area contributed by atoms with Gasteiger partial charge < -0.3 is 10.3 Å². The highest BCUT2D eigenvalue weighted by Crippen LogP contribution is 2.25. The Bertz CT molecular complexity index is 627. The van der Waals surface area contributed by atoms with Crippen molar-refractivity contribution in [1.82, 2.24) is 19.7 Å². The van der Waals surface area contributed by atoms with Crippen LogP contribution in [-0.2, 0) is 16.9 Å². The van der Waals surface area contributed by atoms with Gasteiger partial charge in [-0.3, -0.25) is 0 Å². The normalized spacial score (nSPS) is 11.9. The molecular formula is C7H9N5O2S2. The van der Waals surface area contributed by atoms with Crippen molar-refractivity contribution < 1.29 is 8.42 Å². The summed E-state index contributed by atoms with van der Waals surface area (Å²) < 4.78 is 24.2. The van der Waals surface area contributed by atoms with Crippen molar-refractivity contribution in [2.75, 3.05) is 12.0 Å². The molecule has 0 fully saturated rings. The number of hydrogen-bond donors (Lipinski definition) is 1. The number of nitrogen functional groups attached to an aromatic ring is 1. The van der Waals surface area contributed by atoms with Crippen molar-refractivity contribution >= 4 is 26.3 Å². The van der Waals surface area contributed by atoms with Gasteiger partial charge in [-0.25, -0.2) is 13.4 Å². The molecule has 0 spiro atoms. The fourth-order valence-electron chi connectivity index (χ4n) is 1.27. The summed E-state index contributed by atoms with van der Waals surface area (Å²) in [5.74, 6) is 0. The fourth-order valence-corrected chi connectivity index (χ4v) is 2.77. The van der Waals surface area contributed by atoms with E-state index in [9.17, 15) is 8.42 Å². The van der Waals surface area contributed by atoms with Gasteiger partial charge in [-0.15, -0.1) is 10.2 Å². The van der Waals surface area contributed by atoms with Gasteiger partial charge in [-0.1, -0.05) is 11.3 Å². The molecule has 0 aliphatic rings. The number of sulfone groups is 1. The van der Waals surface area contributed by atoms with Crippen LogP contribution in [0.5, 0.6) is 0 Å². The van der Waals surface area contributed by atoms with Crippen LogP contribution >= 0.6 is 11.3 Å². The number of aromatic nitrogens is 4. The Morgan fingerprint density at radius 3 is 2.56 bits per heavy atom. The van der Waals surface area contributed by atoms with Crippen molar-refractivity contribution in [3.8, 4) is 10.7 Å². The summed E-state index contributed by atoms with van der Waals surface area (Å²) in [6.07, 6.45) is 2.55. The molecule has 0 saturated carbocycles. The van der Waals surface area contributed by atoms with Crippen molar-refractivity contribution in [3.63, 3.8) is 0 Å². The average molecular weight is 259 g/mol. The molecule has 0 aromatic carbocycles. The molecule has 2 aromatic heterocycles. The minimum Gasteiger partial charge on any atom is -0.374 e. The molecule has 0 aliphatic carbocycles. The van der Waals surface area contributed by atoms with Gasteiger partial charge in [0.25, 0.3) is 0 Å². The lowest BCUT2D eigenvalue weighted by atomic mass is 10.5. The number of nitrogens with two attached hydrogens (primary N) is 1. The number of nitrogens with zero attached hydrogens (tertiary/aromatic N) is 4. The van der Waals surface area contributed by atoms with E-state index in [0.717, 1.165) is 6.26 Å². The summed E-state index contributed by atoms with van der Waals surface area (Å²) in [5.41, 5.74) is 6.03. The van der Waals surface area contributed by atoms with Gasteiger partial charge in [0, 0.05) is 13.3 Å². The molecule has 86 valence electrons. The molecule has 0 atom stereocenters. The summed E-state index contributed by atoms with van der Waals surface area (Å²) in [5, 5.41) is 8.36. The lowest BCUT2D eigenvalue weighted by molar-refractivity contribution is 0.585. The van der Waals surface area contributed by atoms with Gasteiger partial charge in [0.2, 0.25) is 20.1 Å². The Kier molecular flexibility index (Phi) is 2.43. The number of rotatable bonds is 2. The molecule has 0 radical (unpaired) electrons. The third-order valence-electron chi connectivity index (χ3n) is 1.94. The van der Waals surface area contributed by atoms with Gasteiger partial charge in [0.15, 0.2) is 5.01 Å². The maximum atomic E-state index is 11.4. The first-order valence-corrected chi connectivity index (χ1v) is 6.91. The van der Waals surface area contributed by atoms with Crippen LogP contribution in [0.1, 0.15) is 0 Å². The second-order valence-electron chi connectivity index (χ2n) is 3.20. The van der Waals surface area contributed by atoms with E-state index in [2.05, 4.69) is 15.2 Å². The molecule has 2 rings (SSSR count). The van der Waals surface area contributed by atoms with Crippen LogP contribution in [0, 0.1) is 0 Å². The topological polar surface area (TPSA) is 104 Å². The van der Waals surface area contributed by atoms with Gasteiger partial charge in [-0.2, -0.15) is 0 Å². The molecule has 0 saturated heterocycles. The van der Waals surface area contributed by atoms with Crippen LogP contribution < -0.4 is 5.73 Å². The molecule has 9 heteroatoms. The van der Waals surface area contributed by atoms with Crippen LogP contribution in [-0.4, -0.2) is 34.4 Å². The van der Waals surface area contributed by atoms with Crippen molar-refractivity contribution in [3.05, 3.63) is 6.20 Å². The second kappa shape index (κ2) is 3.52. The smallest absolute Gasteiger partial charge is 0.227 e. The highest BCUT2D eigenvalue weighted by molar-refractivity contribution is 7.90. The van der Waals surface area contributed by atoms with Gasteiger partial charge in [0.05, 0.1) is 11.9 Å². The Morgan fingerprint density at radius 2 is 2.12 bits per heavy atom. The van der Waals surface area contributed by atoms with E-state index in [1.807, 2.05) is 0 Å². The van der Waals surface area contributed by atoms with E-state index in [1.165, 1.54) is 22.1 Å². The maximum absolute atomic E-state index is 11.4. The van der Waals surface area contributed by atoms with Crippen LogP contribution in [0.15, 0.2) is 11.4 Å². The third kappa shape index (κ3) is 1.78. The quantitative estimate of drug-likeness (QED) is 0.809. The second-order valence-corrected chi connectivity index (χ2v) is 6.12. The average Bonchev–Trinajstić information content (AvgIpc) is 2.70. The molecule has 2 heterocycles. The van der Waals surface area contributed by atoms with Crippen molar-refractivity contribution in [2.45, 2.75) is 5.16 Å². The minimum atomic E-state index is -3.34. The standard InChI is InChI=1S/C7H9N5O2S2/c1-12-4(5-10-11-6(8)15-5)3-9-7(12)16(2,13)14/h3H,1-2H3,(H2,8,11). The highest BCUT2D eigenvalue weighted by Gasteiger charge is 2.18. The van der Waals surface area contributed by atoms with E-state index < -0.39 is 9.84 Å². The Morgan fingerprint density at radius 1 is 1.44 bits per heavy atom. The van der Waals surface area contributed by atoms with Crippen molar-refractivity contribution in [2.24, 2.45) is 7.05 Å². The molecule has 0 aliphatic heterocycles. The summed E-state index contributed by atoms with van der Waals surface area (Å²) in [7, 11) is -1.73. The summed E-state index contributed by atoms with van der Waals surface area (Å²) in [4.78, 5) is 3.85. The first-order chi connectivity index (χ1) is 7.39. The zero-order valence-electron chi connectivity index (χ0n) is 8.58. The maximum Gasteiger partial charge on any atom is 0.227 e. The van der Waals surface area contributed by atoms with Gasteiger partial charge >= 0.3 is 0 Å². The molecule has 0 amide bonds. The van der Waals surface area contributed by atoms with E-state index in [-0.39, 0.29) is 5.16 Å².